The molecule has 29 heavy (non-hydrogen) atoms. The summed E-state index contributed by atoms with van der Waals surface area (Å²) in [6.07, 6.45) is 7.23. The molecule has 1 aliphatic carbocycles. The Balaban J connectivity index is 1.57. The van der Waals surface area contributed by atoms with Gasteiger partial charge in [-0.15, -0.1) is 0 Å². The lowest BCUT2D eigenvalue weighted by Crippen LogP contribution is -2.24. The van der Waals surface area contributed by atoms with E-state index in [1.807, 2.05) is 10.9 Å². The van der Waals surface area contributed by atoms with Crippen molar-refractivity contribution in [3.05, 3.63) is 53.2 Å². The van der Waals surface area contributed by atoms with Crippen LogP contribution in [-0.2, 0) is 0 Å². The van der Waals surface area contributed by atoms with E-state index in [0.29, 0.717) is 17.3 Å². The average molecular weight is 412 g/mol. The number of rotatable bonds is 6. The van der Waals surface area contributed by atoms with Gasteiger partial charge in [-0.05, 0) is 25.0 Å². The number of hydrogen-bond acceptors (Lipinski definition) is 6. The molecular formula is C19H15ClFN7O. The highest BCUT2D eigenvalue weighted by atomic mass is 35.5. The van der Waals surface area contributed by atoms with Crippen molar-refractivity contribution in [1.29, 1.82) is 5.26 Å². The van der Waals surface area contributed by atoms with Crippen molar-refractivity contribution in [2.75, 3.05) is 11.9 Å². The molecule has 2 N–H and O–H groups in total. The molecule has 0 atom stereocenters. The van der Waals surface area contributed by atoms with Crippen LogP contribution in [0, 0.1) is 17.1 Å². The van der Waals surface area contributed by atoms with Gasteiger partial charge >= 0.3 is 0 Å². The van der Waals surface area contributed by atoms with Gasteiger partial charge in [0.1, 0.15) is 12.4 Å². The van der Waals surface area contributed by atoms with Crippen LogP contribution in [0.4, 0.5) is 16.0 Å². The zero-order valence-electron chi connectivity index (χ0n) is 15.1. The predicted octanol–water partition coefficient (Wildman–Crippen LogP) is 3.46. The quantitative estimate of drug-likeness (QED) is 0.601. The number of aromatic nitrogens is 4. The van der Waals surface area contributed by atoms with E-state index in [0.717, 1.165) is 18.5 Å². The maximum atomic E-state index is 14.4. The first-order valence-corrected chi connectivity index (χ1v) is 9.21. The summed E-state index contributed by atoms with van der Waals surface area (Å²) in [4.78, 5) is 20.4. The minimum atomic E-state index is -0.743. The second-order valence-corrected chi connectivity index (χ2v) is 6.90. The molecule has 3 aromatic rings. The molecule has 1 fully saturated rings. The minimum absolute atomic E-state index is 0.167. The first-order valence-electron chi connectivity index (χ1n) is 8.84. The first kappa shape index (κ1) is 18.8. The van der Waals surface area contributed by atoms with Crippen LogP contribution in [0.2, 0.25) is 5.02 Å². The van der Waals surface area contributed by atoms with Gasteiger partial charge in [0.25, 0.3) is 5.91 Å². The summed E-state index contributed by atoms with van der Waals surface area (Å²) < 4.78 is 16.3. The number of nitrogens with zero attached hydrogens (tertiary/aromatic N) is 5. The van der Waals surface area contributed by atoms with Crippen molar-refractivity contribution in [2.45, 2.75) is 18.9 Å². The van der Waals surface area contributed by atoms with Crippen LogP contribution in [0.5, 0.6) is 0 Å². The molecule has 0 spiro atoms. The number of nitrogens with one attached hydrogen (secondary N) is 2. The molecule has 10 heteroatoms. The highest BCUT2D eigenvalue weighted by Gasteiger charge is 2.24. The SMILES string of the molecule is N#CCNC(=O)c1ccc(-c2nc(Nc3cnn(C4CC4)c3)ncc2Cl)cc1F. The fraction of sp³-hybridized carbons (Fsp3) is 0.211. The number of amides is 1. The Labute approximate surface area is 170 Å². The van der Waals surface area contributed by atoms with E-state index in [1.54, 1.807) is 12.3 Å². The molecule has 4 rings (SSSR count). The van der Waals surface area contributed by atoms with E-state index >= 15 is 0 Å². The number of nitriles is 1. The molecular weight excluding hydrogens is 397 g/mol. The summed E-state index contributed by atoms with van der Waals surface area (Å²) >= 11 is 6.20. The number of anilines is 2. The van der Waals surface area contributed by atoms with Crippen LogP contribution in [0.25, 0.3) is 11.3 Å². The maximum Gasteiger partial charge on any atom is 0.255 e. The highest BCUT2D eigenvalue weighted by Crippen LogP contribution is 2.35. The summed E-state index contributed by atoms with van der Waals surface area (Å²) in [6, 6.07) is 6.25. The van der Waals surface area contributed by atoms with Gasteiger partial charge in [0.05, 0.1) is 46.5 Å². The van der Waals surface area contributed by atoms with E-state index in [2.05, 4.69) is 25.7 Å². The van der Waals surface area contributed by atoms with Gasteiger partial charge in [0.2, 0.25) is 5.95 Å². The van der Waals surface area contributed by atoms with Gasteiger partial charge in [0, 0.05) is 11.8 Å². The third-order valence-corrected chi connectivity index (χ3v) is 4.61. The molecule has 1 amide bonds. The number of hydrogen-bond donors (Lipinski definition) is 2. The fourth-order valence-electron chi connectivity index (χ4n) is 2.76. The molecule has 2 heterocycles. The molecule has 2 aromatic heterocycles. The molecule has 1 aliphatic rings. The summed E-state index contributed by atoms with van der Waals surface area (Å²) in [5.41, 5.74) is 1.28. The van der Waals surface area contributed by atoms with Gasteiger partial charge in [-0.3, -0.25) is 9.48 Å². The lowest BCUT2D eigenvalue weighted by atomic mass is 10.1. The van der Waals surface area contributed by atoms with Crippen LogP contribution in [0.3, 0.4) is 0 Å². The van der Waals surface area contributed by atoms with Gasteiger partial charge in [-0.1, -0.05) is 17.7 Å². The second-order valence-electron chi connectivity index (χ2n) is 6.49. The number of carbonyl (C=O) groups is 1. The monoisotopic (exact) mass is 411 g/mol. The zero-order valence-corrected chi connectivity index (χ0v) is 15.8. The van der Waals surface area contributed by atoms with E-state index in [4.69, 9.17) is 16.9 Å². The summed E-state index contributed by atoms with van der Waals surface area (Å²) in [5.74, 6) is -1.12. The van der Waals surface area contributed by atoms with E-state index in [-0.39, 0.29) is 23.1 Å². The lowest BCUT2D eigenvalue weighted by molar-refractivity contribution is 0.0954. The van der Waals surface area contributed by atoms with Gasteiger partial charge in [-0.2, -0.15) is 10.4 Å². The Bertz CT molecular complexity index is 1120. The summed E-state index contributed by atoms with van der Waals surface area (Å²) in [5, 5.41) is 18.4. The van der Waals surface area contributed by atoms with E-state index < -0.39 is 11.7 Å². The second kappa shape index (κ2) is 7.85. The van der Waals surface area contributed by atoms with Gasteiger partial charge < -0.3 is 10.6 Å². The van der Waals surface area contributed by atoms with Crippen LogP contribution >= 0.6 is 11.6 Å². The van der Waals surface area contributed by atoms with E-state index in [9.17, 15) is 9.18 Å². The number of benzene rings is 1. The molecule has 1 saturated carbocycles. The molecule has 0 bridgehead atoms. The molecule has 0 unspecified atom stereocenters. The highest BCUT2D eigenvalue weighted by molar-refractivity contribution is 6.32. The number of halogens is 2. The third-order valence-electron chi connectivity index (χ3n) is 4.34. The Hall–Kier alpha value is -3.51. The van der Waals surface area contributed by atoms with Crippen molar-refractivity contribution < 1.29 is 9.18 Å². The fourth-order valence-corrected chi connectivity index (χ4v) is 2.96. The van der Waals surface area contributed by atoms with Gasteiger partial charge in [-0.25, -0.2) is 14.4 Å². The smallest absolute Gasteiger partial charge is 0.255 e. The van der Waals surface area contributed by atoms with Crippen molar-refractivity contribution >= 4 is 29.1 Å². The Kier molecular flexibility index (Phi) is 5.10. The number of carbonyl (C=O) groups excluding carboxylic acids is 1. The van der Waals surface area contributed by atoms with Crippen LogP contribution < -0.4 is 10.6 Å². The molecule has 0 saturated heterocycles. The van der Waals surface area contributed by atoms with Gasteiger partial charge in [0.15, 0.2) is 0 Å². The Morgan fingerprint density at radius 3 is 2.93 bits per heavy atom. The third kappa shape index (κ3) is 4.17. The Morgan fingerprint density at radius 1 is 1.38 bits per heavy atom. The first-order chi connectivity index (χ1) is 14.0. The van der Waals surface area contributed by atoms with Crippen molar-refractivity contribution in [3.63, 3.8) is 0 Å². The standard InChI is InChI=1S/C19H15ClFN7O/c20-15-9-24-19(26-12-8-25-28(10-12)13-2-3-13)27-17(15)11-1-4-14(16(21)7-11)18(29)23-6-5-22/h1,4,7-10,13H,2-3,6H2,(H,23,29)(H,24,26,27). The van der Waals surface area contributed by atoms with Crippen LogP contribution in [0.15, 0.2) is 36.8 Å². The molecule has 1 aromatic carbocycles. The largest absolute Gasteiger partial charge is 0.339 e. The molecule has 8 nitrogen and oxygen atoms in total. The normalized spacial score (nSPS) is 13.0. The maximum absolute atomic E-state index is 14.4. The zero-order chi connectivity index (χ0) is 20.4. The van der Waals surface area contributed by atoms with E-state index in [1.165, 1.54) is 24.4 Å². The lowest BCUT2D eigenvalue weighted by Gasteiger charge is -2.09. The molecule has 0 radical (unpaired) electrons. The Morgan fingerprint density at radius 2 is 2.21 bits per heavy atom. The van der Waals surface area contributed by atoms with Crippen LogP contribution in [-0.4, -0.2) is 32.2 Å². The van der Waals surface area contributed by atoms with Crippen molar-refractivity contribution in [3.8, 4) is 17.3 Å². The average Bonchev–Trinajstić information content (AvgIpc) is 3.46. The predicted molar refractivity (Wildman–Crippen MR) is 104 cm³/mol. The summed E-state index contributed by atoms with van der Waals surface area (Å²) in [6.45, 7) is -0.204. The topological polar surface area (TPSA) is 109 Å². The van der Waals surface area contributed by atoms with Crippen molar-refractivity contribution in [2.24, 2.45) is 0 Å². The van der Waals surface area contributed by atoms with Crippen LogP contribution in [0.1, 0.15) is 29.2 Å². The molecule has 146 valence electrons. The van der Waals surface area contributed by atoms with Crippen molar-refractivity contribution in [1.82, 2.24) is 25.1 Å². The minimum Gasteiger partial charge on any atom is -0.339 e. The molecule has 0 aliphatic heterocycles. The summed E-state index contributed by atoms with van der Waals surface area (Å²) in [7, 11) is 0.